The van der Waals surface area contributed by atoms with E-state index in [2.05, 4.69) is 27.7 Å². The summed E-state index contributed by atoms with van der Waals surface area (Å²) in [5.74, 6) is -6.67. The van der Waals surface area contributed by atoms with Crippen LogP contribution in [-0.4, -0.2) is 158 Å². The molecule has 23 unspecified atom stereocenters. The monoisotopic (exact) mass is 901 g/mol. The predicted octanol–water partition coefficient (Wildman–Crippen LogP) is 5.35. The Hall–Kier alpha value is -1.09. The number of aliphatic hydroxyl groups is 2. The third-order valence-electron chi connectivity index (χ3n) is 16.9. The summed E-state index contributed by atoms with van der Waals surface area (Å²) in [6.07, 6.45) is 0.506. The first-order valence-corrected chi connectivity index (χ1v) is 23.7. The largest absolute Gasteiger partial charge is 0.481 e. The van der Waals surface area contributed by atoms with E-state index in [4.69, 9.17) is 56.8 Å². The van der Waals surface area contributed by atoms with Gasteiger partial charge in [0.1, 0.15) is 11.2 Å². The smallest absolute Gasteiger partial charge is 0.308 e. The van der Waals surface area contributed by atoms with Crippen LogP contribution in [0, 0.1) is 29.6 Å². The summed E-state index contributed by atoms with van der Waals surface area (Å²) in [6.45, 7) is 17.8. The van der Waals surface area contributed by atoms with E-state index in [-0.39, 0.29) is 78.9 Å². The molecule has 7 aliphatic heterocycles. The fraction of sp³-hybridized carbons (Fsp3) is 0.979. The Balaban J connectivity index is 1.11. The van der Waals surface area contributed by atoms with Gasteiger partial charge in [0, 0.05) is 71.4 Å². The molecule has 364 valence electrons. The molecule has 16 heteroatoms. The number of carboxylic acids is 1. The minimum Gasteiger partial charge on any atom is -0.481 e. The van der Waals surface area contributed by atoms with Crippen LogP contribution in [0.15, 0.2) is 0 Å². The van der Waals surface area contributed by atoms with Crippen molar-refractivity contribution < 1.29 is 77.0 Å². The van der Waals surface area contributed by atoms with Gasteiger partial charge >= 0.3 is 5.97 Å². The van der Waals surface area contributed by atoms with Crippen LogP contribution in [-0.2, 0) is 61.6 Å². The van der Waals surface area contributed by atoms with Crippen molar-refractivity contribution in [3.05, 3.63) is 0 Å². The van der Waals surface area contributed by atoms with Gasteiger partial charge in [0.15, 0.2) is 23.7 Å². The van der Waals surface area contributed by atoms with E-state index in [1.807, 2.05) is 20.8 Å². The van der Waals surface area contributed by atoms with E-state index in [1.54, 1.807) is 35.2 Å². The fourth-order valence-corrected chi connectivity index (χ4v) is 13.1. The van der Waals surface area contributed by atoms with Crippen molar-refractivity contribution in [2.75, 3.05) is 28.4 Å². The number of methoxy groups -OCH3 is 4. The molecule has 0 aromatic heterocycles. The van der Waals surface area contributed by atoms with Gasteiger partial charge in [-0.3, -0.25) is 4.79 Å². The Morgan fingerprint density at radius 3 is 1.97 bits per heavy atom. The average molecular weight is 901 g/mol. The summed E-state index contributed by atoms with van der Waals surface area (Å²) in [4.78, 5) is 12.2. The van der Waals surface area contributed by atoms with Gasteiger partial charge in [-0.2, -0.15) is 0 Å². The molecule has 0 aromatic rings. The number of aliphatic carboxylic acids is 1. The molecule has 7 aliphatic rings. The Morgan fingerprint density at radius 2 is 1.33 bits per heavy atom. The molecule has 0 aromatic carbocycles. The molecule has 7 fully saturated rings. The molecule has 0 aliphatic carbocycles. The normalized spacial score (nSPS) is 54.2. The highest BCUT2D eigenvalue weighted by atomic mass is 16.8. The van der Waals surface area contributed by atoms with Crippen LogP contribution < -0.4 is 0 Å². The molecule has 23 atom stereocenters. The highest BCUT2D eigenvalue weighted by Gasteiger charge is 2.69. The molecule has 3 N–H and O–H groups in total. The molecule has 63 heavy (non-hydrogen) atoms. The van der Waals surface area contributed by atoms with E-state index < -0.39 is 77.6 Å². The Kier molecular flexibility index (Phi) is 14.8. The molecule has 0 saturated carbocycles. The second-order valence-electron chi connectivity index (χ2n) is 20.9. The summed E-state index contributed by atoms with van der Waals surface area (Å²) in [5.41, 5.74) is -2.14. The maximum atomic E-state index is 12.2. The van der Waals surface area contributed by atoms with Gasteiger partial charge < -0.3 is 72.2 Å². The Labute approximate surface area is 374 Å². The minimum absolute atomic E-state index is 0.0395. The van der Waals surface area contributed by atoms with Crippen molar-refractivity contribution in [2.45, 2.75) is 235 Å². The fourth-order valence-electron chi connectivity index (χ4n) is 13.1. The Bertz CT molecular complexity index is 1570. The Morgan fingerprint density at radius 1 is 0.683 bits per heavy atom. The van der Waals surface area contributed by atoms with E-state index in [1.165, 1.54) is 7.11 Å². The van der Waals surface area contributed by atoms with Crippen LogP contribution in [0.2, 0.25) is 0 Å². The standard InChI is InChI=1S/C47H80O16/c1-24-20-25(2)45(9,50)62-40(24)34-15-14-32(57-34)33-16-18-36(58-33)44(8)42(55-13)28(5)47(63-44)26(3)35(53-11)21-30(59-47)22-37-43(7,61-39-19-17-31(52-10)29(6)56-39)41(54-12)27(4)46(51,60-37)23-38(48)49/h24-37,39-42,50-51H,14-23H2,1-13H3,(H,48,49). The lowest BCUT2D eigenvalue weighted by Gasteiger charge is -2.57. The van der Waals surface area contributed by atoms with Gasteiger partial charge in [-0.25, -0.2) is 0 Å². The number of rotatable bonds is 13. The number of carbonyl (C=O) groups is 1. The minimum atomic E-state index is -2.07. The van der Waals surface area contributed by atoms with Crippen molar-refractivity contribution in [3.63, 3.8) is 0 Å². The highest BCUT2D eigenvalue weighted by Crippen LogP contribution is 2.57. The van der Waals surface area contributed by atoms with Crippen molar-refractivity contribution in [3.8, 4) is 0 Å². The van der Waals surface area contributed by atoms with Gasteiger partial charge in [0.05, 0.1) is 79.7 Å². The summed E-state index contributed by atoms with van der Waals surface area (Å²) >= 11 is 0. The molecule has 1 spiro atoms. The van der Waals surface area contributed by atoms with Gasteiger partial charge in [-0.1, -0.05) is 34.6 Å². The number of carboxylic acid groups (broad SMARTS) is 1. The third-order valence-corrected chi connectivity index (χ3v) is 16.9. The van der Waals surface area contributed by atoms with E-state index in [0.717, 1.165) is 32.1 Å². The summed E-state index contributed by atoms with van der Waals surface area (Å²) < 4.78 is 78.7. The van der Waals surface area contributed by atoms with Crippen LogP contribution in [0.5, 0.6) is 0 Å². The van der Waals surface area contributed by atoms with Crippen molar-refractivity contribution >= 4 is 5.97 Å². The van der Waals surface area contributed by atoms with Crippen molar-refractivity contribution in [1.29, 1.82) is 0 Å². The van der Waals surface area contributed by atoms with E-state index in [9.17, 15) is 20.1 Å². The quantitative estimate of drug-likeness (QED) is 0.215. The van der Waals surface area contributed by atoms with E-state index in [0.29, 0.717) is 19.3 Å². The van der Waals surface area contributed by atoms with Crippen molar-refractivity contribution in [1.82, 2.24) is 0 Å². The maximum Gasteiger partial charge on any atom is 0.308 e. The lowest BCUT2D eigenvalue weighted by atomic mass is 9.73. The van der Waals surface area contributed by atoms with Crippen molar-refractivity contribution in [2.24, 2.45) is 29.6 Å². The zero-order chi connectivity index (χ0) is 46.0. The second kappa shape index (κ2) is 18.8. The number of hydrogen-bond donors (Lipinski definition) is 3. The molecule has 7 saturated heterocycles. The van der Waals surface area contributed by atoms with Crippen LogP contribution in [0.25, 0.3) is 0 Å². The summed E-state index contributed by atoms with van der Waals surface area (Å²) in [7, 11) is 6.60. The third kappa shape index (κ3) is 9.04. The van der Waals surface area contributed by atoms with Gasteiger partial charge in [0.2, 0.25) is 0 Å². The van der Waals surface area contributed by atoms with Crippen LogP contribution in [0.3, 0.4) is 0 Å². The molecular formula is C47H80O16. The maximum absolute atomic E-state index is 12.2. The van der Waals surface area contributed by atoms with Crippen LogP contribution in [0.4, 0.5) is 0 Å². The molecule has 16 nitrogen and oxygen atoms in total. The molecule has 0 amide bonds. The second-order valence-corrected chi connectivity index (χ2v) is 20.9. The lowest BCUT2D eigenvalue weighted by Crippen LogP contribution is -2.70. The first-order valence-electron chi connectivity index (χ1n) is 23.7. The van der Waals surface area contributed by atoms with Crippen LogP contribution in [0.1, 0.15) is 127 Å². The zero-order valence-corrected chi connectivity index (χ0v) is 40.1. The lowest BCUT2D eigenvalue weighted by molar-refractivity contribution is -0.395. The number of hydrogen-bond acceptors (Lipinski definition) is 15. The topological polar surface area (TPSA) is 189 Å². The SMILES string of the molecule is COC1CCC(OC2(C)C(CC3CC(OC)C(C)C4(O3)OC(C)(C3CCC(C5CCC(C6OC(C)(O)C(C)CC6C)O5)O3)C(OC)C4C)OC(O)(CC(=O)O)C(C)C2OC)OC1C. The van der Waals surface area contributed by atoms with Gasteiger partial charge in [-0.15, -0.1) is 0 Å². The first-order chi connectivity index (χ1) is 29.6. The first kappa shape index (κ1) is 49.8. The zero-order valence-electron chi connectivity index (χ0n) is 40.1. The van der Waals surface area contributed by atoms with E-state index >= 15 is 0 Å². The van der Waals surface area contributed by atoms with Gasteiger partial charge in [-0.05, 0) is 72.1 Å². The predicted molar refractivity (Wildman–Crippen MR) is 226 cm³/mol. The average Bonchev–Trinajstić information content (AvgIpc) is 3.95. The highest BCUT2D eigenvalue weighted by molar-refractivity contribution is 5.68. The summed E-state index contributed by atoms with van der Waals surface area (Å²) in [5, 5.41) is 32.9. The molecule has 0 radical (unpaired) electrons. The van der Waals surface area contributed by atoms with Crippen LogP contribution >= 0.6 is 0 Å². The molecule has 7 rings (SSSR count). The molecular weight excluding hydrogens is 821 g/mol. The molecule has 0 bridgehead atoms. The number of ether oxygens (including phenoxy) is 12. The van der Waals surface area contributed by atoms with Gasteiger partial charge in [0.25, 0.3) is 0 Å². The summed E-state index contributed by atoms with van der Waals surface area (Å²) in [6, 6.07) is 0. The molecule has 7 heterocycles.